The monoisotopic (exact) mass is 730 g/mol. The van der Waals surface area contributed by atoms with E-state index in [1.54, 1.807) is 47.7 Å². The van der Waals surface area contributed by atoms with Crippen molar-refractivity contribution in [2.75, 3.05) is 10.6 Å². The molecule has 0 aliphatic heterocycles. The van der Waals surface area contributed by atoms with Crippen molar-refractivity contribution < 1.29 is 19.1 Å². The van der Waals surface area contributed by atoms with E-state index in [0.717, 1.165) is 21.0 Å². The molecule has 4 aromatic carbocycles. The van der Waals surface area contributed by atoms with Gasteiger partial charge in [-0.1, -0.05) is 79.7 Å². The number of thioether (sulfide) groups is 1. The van der Waals surface area contributed by atoms with Gasteiger partial charge in [-0.3, -0.25) is 14.4 Å². The third kappa shape index (κ3) is 10.0. The maximum atomic E-state index is 13.7. The van der Waals surface area contributed by atoms with Crippen LogP contribution in [0.1, 0.15) is 34.8 Å². The molecule has 0 spiro atoms. The Morgan fingerprint density at radius 1 is 0.843 bits per heavy atom. The quantitative estimate of drug-likeness (QED) is 0.0762. The van der Waals surface area contributed by atoms with E-state index in [9.17, 15) is 14.4 Å². The first-order valence-electron chi connectivity index (χ1n) is 16.2. The van der Waals surface area contributed by atoms with Crippen molar-refractivity contribution >= 4 is 69.1 Å². The molecule has 11 heteroatoms. The number of thiophene rings is 1. The van der Waals surface area contributed by atoms with Crippen LogP contribution in [0.3, 0.4) is 0 Å². The second-order valence-corrected chi connectivity index (χ2v) is 14.3. The highest BCUT2D eigenvalue weighted by Crippen LogP contribution is 2.31. The highest BCUT2D eigenvalue weighted by molar-refractivity contribution is 8.00. The van der Waals surface area contributed by atoms with Crippen molar-refractivity contribution in [2.24, 2.45) is 0 Å². The third-order valence-electron chi connectivity index (χ3n) is 7.51. The normalized spacial score (nSPS) is 11.7. The molecule has 1 atom stereocenters. The van der Waals surface area contributed by atoms with Crippen molar-refractivity contribution in [3.05, 3.63) is 154 Å². The van der Waals surface area contributed by atoms with Gasteiger partial charge in [0, 0.05) is 21.5 Å². The zero-order valence-corrected chi connectivity index (χ0v) is 30.0. The number of ether oxygens (including phenoxy) is 1. The van der Waals surface area contributed by atoms with Crippen molar-refractivity contribution in [2.45, 2.75) is 30.1 Å². The van der Waals surface area contributed by atoms with Crippen LogP contribution in [0.4, 0.5) is 10.8 Å². The van der Waals surface area contributed by atoms with Gasteiger partial charge >= 0.3 is 0 Å². The molecule has 0 aliphatic carbocycles. The number of rotatable bonds is 14. The molecule has 0 saturated carbocycles. The Labute approximate surface area is 308 Å². The second kappa shape index (κ2) is 17.4. The van der Waals surface area contributed by atoms with Gasteiger partial charge in [0.25, 0.3) is 11.8 Å². The molecule has 2 heterocycles. The Hall–Kier alpha value is -5.49. The summed E-state index contributed by atoms with van der Waals surface area (Å²) in [6.07, 6.45) is 2.21. The van der Waals surface area contributed by atoms with Crippen molar-refractivity contribution in [1.82, 2.24) is 10.3 Å². The molecule has 1 unspecified atom stereocenters. The summed E-state index contributed by atoms with van der Waals surface area (Å²) in [6, 6.07) is 37.1. The summed E-state index contributed by atoms with van der Waals surface area (Å²) in [7, 11) is 0. The van der Waals surface area contributed by atoms with Gasteiger partial charge in [-0.25, -0.2) is 4.98 Å². The third-order valence-corrected chi connectivity index (χ3v) is 10.5. The fourth-order valence-corrected chi connectivity index (χ4v) is 7.38. The molecular weight excluding hydrogens is 697 g/mol. The number of benzene rings is 4. The Bertz CT molecular complexity index is 2100. The number of carbonyl (C=O) groups is 3. The van der Waals surface area contributed by atoms with Crippen LogP contribution in [-0.4, -0.2) is 28.0 Å². The van der Waals surface area contributed by atoms with E-state index in [1.165, 1.54) is 23.1 Å². The summed E-state index contributed by atoms with van der Waals surface area (Å²) in [5.41, 5.74) is 3.60. The fourth-order valence-electron chi connectivity index (χ4n) is 4.90. The predicted octanol–water partition coefficient (Wildman–Crippen LogP) is 9.37. The molecule has 3 N–H and O–H groups in total. The zero-order valence-electron chi connectivity index (χ0n) is 27.6. The van der Waals surface area contributed by atoms with Crippen LogP contribution in [0.2, 0.25) is 0 Å². The van der Waals surface area contributed by atoms with Crippen molar-refractivity contribution in [3.8, 4) is 16.3 Å². The summed E-state index contributed by atoms with van der Waals surface area (Å²) in [5.74, 6) is -0.377. The van der Waals surface area contributed by atoms with Crippen LogP contribution in [0.25, 0.3) is 16.6 Å². The largest absolute Gasteiger partial charge is 0.489 e. The number of thiazole rings is 1. The lowest BCUT2D eigenvalue weighted by Crippen LogP contribution is -2.30. The van der Waals surface area contributed by atoms with E-state index in [0.29, 0.717) is 40.7 Å². The number of nitrogens with zero attached hydrogens (tertiary/aromatic N) is 1. The Morgan fingerprint density at radius 3 is 2.33 bits per heavy atom. The number of aromatic nitrogens is 1. The van der Waals surface area contributed by atoms with Gasteiger partial charge in [-0.2, -0.15) is 0 Å². The van der Waals surface area contributed by atoms with Gasteiger partial charge < -0.3 is 20.7 Å². The van der Waals surface area contributed by atoms with E-state index in [1.807, 2.05) is 109 Å². The molecule has 3 amide bonds. The minimum atomic E-state index is -0.499. The number of amides is 3. The van der Waals surface area contributed by atoms with Gasteiger partial charge in [0.2, 0.25) is 5.91 Å². The lowest BCUT2D eigenvalue weighted by molar-refractivity contribution is -0.116. The first-order valence-corrected chi connectivity index (χ1v) is 18.8. The molecule has 0 saturated heterocycles. The molecule has 0 fully saturated rings. The Morgan fingerprint density at radius 2 is 1.61 bits per heavy atom. The van der Waals surface area contributed by atoms with Crippen molar-refractivity contribution in [3.63, 3.8) is 0 Å². The smallest absolute Gasteiger partial charge is 0.272 e. The number of nitrogens with one attached hydrogen (secondary N) is 3. The second-order valence-electron chi connectivity index (χ2n) is 11.2. The van der Waals surface area contributed by atoms with Gasteiger partial charge in [-0.15, -0.1) is 34.4 Å². The highest BCUT2D eigenvalue weighted by Gasteiger charge is 2.21. The van der Waals surface area contributed by atoms with Gasteiger partial charge in [0.15, 0.2) is 5.13 Å². The summed E-state index contributed by atoms with van der Waals surface area (Å²) >= 11 is 4.40. The fraction of sp³-hybridized carbons (Fsp3) is 0.100. The topological polar surface area (TPSA) is 109 Å². The van der Waals surface area contributed by atoms with Gasteiger partial charge in [0.05, 0.1) is 15.8 Å². The number of carbonyl (C=O) groups excluding carboxylic acids is 3. The minimum absolute atomic E-state index is 0.0658. The summed E-state index contributed by atoms with van der Waals surface area (Å²) < 4.78 is 5.91. The highest BCUT2D eigenvalue weighted by atomic mass is 32.2. The van der Waals surface area contributed by atoms with Crippen LogP contribution in [-0.2, 0) is 16.2 Å². The standard InChI is InChI=1S/C40H34N4O4S3/c1-2-35(39(47)44-40-43-34(26-50-40)36-17-10-22-49-36)51-32-16-9-15-30(24-32)41-38(46)33(42-37(45)29-13-7-4-8-14-29)23-27-18-20-31(21-19-27)48-25-28-11-5-3-6-12-28/h3-24,26,35H,2,25H2,1H3,(H,41,46)(H,42,45)(H,43,44,47)/b33-23-. The lowest BCUT2D eigenvalue weighted by atomic mass is 10.1. The summed E-state index contributed by atoms with van der Waals surface area (Å²) in [4.78, 5) is 46.5. The zero-order chi connectivity index (χ0) is 35.4. The molecule has 6 aromatic rings. The molecule has 2 aromatic heterocycles. The average Bonchev–Trinajstić information content (AvgIpc) is 3.87. The Kier molecular flexibility index (Phi) is 12.1. The minimum Gasteiger partial charge on any atom is -0.489 e. The molecule has 256 valence electrons. The molecule has 0 aliphatic rings. The number of hydrogen-bond acceptors (Lipinski definition) is 8. The molecular formula is C40H34N4O4S3. The molecule has 0 radical (unpaired) electrons. The van der Waals surface area contributed by atoms with Crippen LogP contribution in [0.15, 0.2) is 143 Å². The molecule has 0 bridgehead atoms. The average molecular weight is 731 g/mol. The van der Waals surface area contributed by atoms with Gasteiger partial charge in [0.1, 0.15) is 18.1 Å². The number of anilines is 2. The van der Waals surface area contributed by atoms with Crippen LogP contribution in [0, 0.1) is 0 Å². The first-order chi connectivity index (χ1) is 24.9. The molecule has 6 rings (SSSR count). The summed E-state index contributed by atoms with van der Waals surface area (Å²) in [5, 5.41) is 12.8. The molecule has 51 heavy (non-hydrogen) atoms. The van der Waals surface area contributed by atoms with Gasteiger partial charge in [-0.05, 0) is 77.5 Å². The lowest BCUT2D eigenvalue weighted by Gasteiger charge is -2.15. The van der Waals surface area contributed by atoms with Crippen LogP contribution >= 0.6 is 34.4 Å². The van der Waals surface area contributed by atoms with E-state index < -0.39 is 11.8 Å². The first kappa shape index (κ1) is 35.3. The Balaban J connectivity index is 1.13. The van der Waals surface area contributed by atoms with Crippen molar-refractivity contribution in [1.29, 1.82) is 0 Å². The SMILES string of the molecule is CCC(Sc1cccc(NC(=O)/C(=C/c2ccc(OCc3ccccc3)cc2)NC(=O)c2ccccc2)c1)C(=O)Nc1nc(-c2cccs2)cs1. The van der Waals surface area contributed by atoms with E-state index in [-0.39, 0.29) is 16.9 Å². The maximum Gasteiger partial charge on any atom is 0.272 e. The van der Waals surface area contributed by atoms with E-state index in [4.69, 9.17) is 4.74 Å². The number of hydrogen-bond donors (Lipinski definition) is 3. The summed E-state index contributed by atoms with van der Waals surface area (Å²) in [6.45, 7) is 2.39. The maximum absolute atomic E-state index is 13.7. The van der Waals surface area contributed by atoms with Crippen LogP contribution in [0.5, 0.6) is 5.75 Å². The predicted molar refractivity (Wildman–Crippen MR) is 208 cm³/mol. The molecule has 8 nitrogen and oxygen atoms in total. The van der Waals surface area contributed by atoms with E-state index in [2.05, 4.69) is 20.9 Å². The van der Waals surface area contributed by atoms with Crippen LogP contribution < -0.4 is 20.7 Å². The van der Waals surface area contributed by atoms with E-state index >= 15 is 0 Å².